The van der Waals surface area contributed by atoms with Crippen LogP contribution in [0.4, 0.5) is 0 Å². The fourth-order valence-corrected chi connectivity index (χ4v) is 0.606. The summed E-state index contributed by atoms with van der Waals surface area (Å²) < 4.78 is 0. The van der Waals surface area contributed by atoms with E-state index in [9.17, 15) is 24.6 Å². The summed E-state index contributed by atoms with van der Waals surface area (Å²) >= 11 is 0. The van der Waals surface area contributed by atoms with E-state index in [1.54, 1.807) is 0 Å². The number of carbonyl (C=O) groups excluding carboxylic acids is 2. The molecular weight excluding hydrogens is 330 g/mol. The van der Waals surface area contributed by atoms with E-state index in [1.807, 2.05) is 0 Å². The molecule has 0 bridgehead atoms. The number of hydrogen-bond acceptors (Lipinski definition) is 5. The first-order chi connectivity index (χ1) is 9.00. The first-order valence-corrected chi connectivity index (χ1v) is 5.66. The molecule has 7 heteroatoms. The van der Waals surface area contributed by atoms with Crippen molar-refractivity contribution in [3.8, 4) is 0 Å². The summed E-state index contributed by atoms with van der Waals surface area (Å²) in [6, 6.07) is 0. The van der Waals surface area contributed by atoms with Gasteiger partial charge in [0, 0.05) is 5.57 Å². The van der Waals surface area contributed by atoms with E-state index in [1.165, 1.54) is 13.8 Å². The molecule has 0 aromatic heterocycles. The quantitative estimate of drug-likeness (QED) is 0.549. The number of hydrogen-bond donors (Lipinski definition) is 1. The molecule has 1 rings (SSSR count). The molecule has 1 aliphatic carbocycles. The Bertz CT molecular complexity index is 387. The van der Waals surface area contributed by atoms with Crippen molar-refractivity contribution < 1.29 is 49.2 Å². The van der Waals surface area contributed by atoms with E-state index in [0.717, 1.165) is 12.8 Å². The van der Waals surface area contributed by atoms with Crippen molar-refractivity contribution in [3.05, 3.63) is 36.5 Å². The van der Waals surface area contributed by atoms with Gasteiger partial charge in [0.05, 0.1) is 11.9 Å². The maximum absolute atomic E-state index is 10.1. The molecule has 0 spiro atoms. The summed E-state index contributed by atoms with van der Waals surface area (Å²) in [7, 11) is 0. The number of carbonyl (C=O) groups is 3. The van der Waals surface area contributed by atoms with Crippen molar-refractivity contribution >= 4 is 17.9 Å². The maximum atomic E-state index is 10.1. The second-order valence-corrected chi connectivity index (χ2v) is 4.24. The maximum Gasteiger partial charge on any atom is 2.00 e. The van der Waals surface area contributed by atoms with Crippen LogP contribution in [0.3, 0.4) is 0 Å². The largest absolute Gasteiger partial charge is 2.00 e. The van der Waals surface area contributed by atoms with Crippen LogP contribution in [0, 0.1) is 5.92 Å². The molecule has 112 valence electrons. The van der Waals surface area contributed by atoms with Crippen LogP contribution in [-0.4, -0.2) is 23.0 Å². The smallest absolute Gasteiger partial charge is 0.545 e. The molecule has 1 saturated carbocycles. The van der Waals surface area contributed by atoms with Gasteiger partial charge >= 0.3 is 25.4 Å². The summed E-state index contributed by atoms with van der Waals surface area (Å²) in [5.41, 5.74) is 0.509. The third kappa shape index (κ3) is 16.2. The van der Waals surface area contributed by atoms with Crippen LogP contribution in [0.2, 0.25) is 0 Å². The zero-order valence-electron chi connectivity index (χ0n) is 12.3. The molecule has 0 aliphatic heterocycles. The van der Waals surface area contributed by atoms with Crippen LogP contribution >= 0.6 is 0 Å². The van der Waals surface area contributed by atoms with Gasteiger partial charge in [0.25, 0.3) is 0 Å². The van der Waals surface area contributed by atoms with Gasteiger partial charge in [-0.2, -0.15) is 0 Å². The van der Waals surface area contributed by atoms with Gasteiger partial charge < -0.3 is 24.9 Å². The molecule has 21 heavy (non-hydrogen) atoms. The summed E-state index contributed by atoms with van der Waals surface area (Å²) in [6.45, 7) is 12.4. The van der Waals surface area contributed by atoms with Crippen LogP contribution < -0.4 is 10.2 Å². The molecule has 0 saturated heterocycles. The minimum atomic E-state index is -1.19. The Kier molecular flexibility index (Phi) is 13.9. The zero-order chi connectivity index (χ0) is 16.5. The van der Waals surface area contributed by atoms with E-state index in [-0.39, 0.29) is 30.6 Å². The Morgan fingerprint density at radius 3 is 1.24 bits per heavy atom. The normalized spacial score (nSPS) is 11.1. The number of carboxylic acid groups (broad SMARTS) is 3. The molecule has 0 aromatic rings. The van der Waals surface area contributed by atoms with Crippen molar-refractivity contribution in [2.24, 2.45) is 5.92 Å². The summed E-state index contributed by atoms with van der Waals surface area (Å²) in [4.78, 5) is 29.1. The minimum Gasteiger partial charge on any atom is -0.545 e. The van der Waals surface area contributed by atoms with Crippen molar-refractivity contribution in [2.75, 3.05) is 0 Å². The Labute approximate surface area is 136 Å². The van der Waals surface area contributed by atoms with E-state index < -0.39 is 17.9 Å². The monoisotopic (exact) mass is 346 g/mol. The molecule has 0 radical (unpaired) electrons. The molecule has 6 nitrogen and oxygen atoms in total. The fraction of sp³-hybridized carbons (Fsp3) is 0.357. The van der Waals surface area contributed by atoms with E-state index >= 15 is 0 Å². The van der Waals surface area contributed by atoms with Gasteiger partial charge in [-0.15, -0.1) is 0 Å². The van der Waals surface area contributed by atoms with Gasteiger partial charge in [-0.3, -0.25) is 0 Å². The average molecular weight is 348 g/mol. The molecule has 0 unspecified atom stereocenters. The fourth-order valence-electron chi connectivity index (χ4n) is 0.606. The zero-order valence-corrected chi connectivity index (χ0v) is 15.3. The average Bonchev–Trinajstić information content (AvgIpc) is 3.13. The second kappa shape index (κ2) is 12.0. The first kappa shape index (κ1) is 24.3. The first-order valence-electron chi connectivity index (χ1n) is 5.66. The molecule has 0 amide bonds. The predicted octanol–water partition coefficient (Wildman–Crippen LogP) is -0.341. The standard InChI is InChI=1S/C6H8O2.2C4H6O2.Zn/c1-4(6(7)8)5-2-3-5;2*1-3(2)4(5)6;/h5H,1-3H2,(H,7,8);2*1H2,2H3,(H,5,6);/q;;;+2/p-2. The Morgan fingerprint density at radius 1 is 0.952 bits per heavy atom. The SMILES string of the molecule is C=C(C(=O)O)C1CC1.C=C(C)C(=O)[O-].C=C(C)C(=O)[O-].[Zn+2]. The molecule has 1 N–H and O–H groups in total. The van der Waals surface area contributed by atoms with Crippen LogP contribution in [0.1, 0.15) is 26.7 Å². The van der Waals surface area contributed by atoms with Gasteiger partial charge in [-0.05, 0) is 43.8 Å². The summed E-state index contributed by atoms with van der Waals surface area (Å²) in [5.74, 6) is -2.91. The van der Waals surface area contributed by atoms with Gasteiger partial charge in [-0.25, -0.2) is 4.79 Å². The topological polar surface area (TPSA) is 118 Å². The second-order valence-electron chi connectivity index (χ2n) is 4.24. The molecule has 1 fully saturated rings. The third-order valence-corrected chi connectivity index (χ3v) is 2.04. The van der Waals surface area contributed by atoms with Crippen LogP contribution in [-0.2, 0) is 33.9 Å². The van der Waals surface area contributed by atoms with Crippen molar-refractivity contribution in [1.29, 1.82) is 0 Å². The summed E-state index contributed by atoms with van der Waals surface area (Å²) in [6.07, 6.45) is 2.04. The number of carboxylic acids is 3. The Morgan fingerprint density at radius 2 is 1.19 bits per heavy atom. The van der Waals surface area contributed by atoms with E-state index in [0.29, 0.717) is 11.5 Å². The Hall–Kier alpha value is -1.75. The van der Waals surface area contributed by atoms with Crippen LogP contribution in [0.15, 0.2) is 36.5 Å². The molecular formula is C14H18O6Zn. The van der Waals surface area contributed by atoms with Crippen LogP contribution in [0.5, 0.6) is 0 Å². The third-order valence-electron chi connectivity index (χ3n) is 2.04. The van der Waals surface area contributed by atoms with E-state index in [2.05, 4.69) is 19.7 Å². The Balaban J connectivity index is -0.000000231. The van der Waals surface area contributed by atoms with Crippen molar-refractivity contribution in [1.82, 2.24) is 0 Å². The van der Waals surface area contributed by atoms with Gasteiger partial charge in [-0.1, -0.05) is 19.7 Å². The number of aliphatic carboxylic acids is 3. The van der Waals surface area contributed by atoms with E-state index in [4.69, 9.17) is 5.11 Å². The van der Waals surface area contributed by atoms with Gasteiger partial charge in [0.2, 0.25) is 0 Å². The molecule has 0 atom stereocenters. The molecule has 0 heterocycles. The summed E-state index contributed by atoms with van der Waals surface area (Å²) in [5, 5.41) is 27.3. The van der Waals surface area contributed by atoms with Crippen LogP contribution in [0.25, 0.3) is 0 Å². The van der Waals surface area contributed by atoms with Gasteiger partial charge in [0.15, 0.2) is 0 Å². The minimum absolute atomic E-state index is 0. The molecule has 0 aromatic carbocycles. The van der Waals surface area contributed by atoms with Crippen molar-refractivity contribution in [2.45, 2.75) is 26.7 Å². The number of rotatable bonds is 4. The molecule has 1 aliphatic rings. The predicted molar refractivity (Wildman–Crippen MR) is 69.1 cm³/mol. The van der Waals surface area contributed by atoms with Gasteiger partial charge in [0.1, 0.15) is 0 Å². The van der Waals surface area contributed by atoms with Crippen molar-refractivity contribution in [3.63, 3.8) is 0 Å².